The Morgan fingerprint density at radius 2 is 1.75 bits per heavy atom. The van der Waals surface area contributed by atoms with Gasteiger partial charge in [-0.05, 0) is 61.6 Å². The Morgan fingerprint density at radius 3 is 2.36 bits per heavy atom. The van der Waals surface area contributed by atoms with Gasteiger partial charge in [0.25, 0.3) is 0 Å². The summed E-state index contributed by atoms with van der Waals surface area (Å²) >= 11 is 6.41. The van der Waals surface area contributed by atoms with Gasteiger partial charge in [-0.1, -0.05) is 56.1 Å². The highest BCUT2D eigenvalue weighted by Gasteiger charge is 2.27. The van der Waals surface area contributed by atoms with Crippen LogP contribution in [-0.4, -0.2) is 23.9 Å². The van der Waals surface area contributed by atoms with E-state index < -0.39 is 0 Å². The lowest BCUT2D eigenvalue weighted by molar-refractivity contribution is -0.0895. The first-order chi connectivity index (χ1) is 13.5. The molecule has 1 fully saturated rings. The fourth-order valence-corrected chi connectivity index (χ4v) is 3.54. The molecule has 1 saturated heterocycles. The van der Waals surface area contributed by atoms with E-state index >= 15 is 0 Å². The molecule has 1 aliphatic rings. The quantitative estimate of drug-likeness (QED) is 0.631. The molecule has 0 aromatic heterocycles. The monoisotopic (exact) mass is 404 g/mol. The molecule has 3 rings (SSSR count). The van der Waals surface area contributed by atoms with Crippen molar-refractivity contribution in [3.05, 3.63) is 64.2 Å². The number of hydrogen-bond donors (Lipinski definition) is 1. The molecule has 0 spiro atoms. The maximum Gasteiger partial charge on any atom is 0.119 e. The van der Waals surface area contributed by atoms with Gasteiger partial charge in [-0.2, -0.15) is 0 Å². The second-order valence-electron chi connectivity index (χ2n) is 7.37. The Hall–Kier alpha value is -1.55. The van der Waals surface area contributed by atoms with Gasteiger partial charge in [0.1, 0.15) is 5.75 Å². The van der Waals surface area contributed by atoms with Crippen LogP contribution in [0.5, 0.6) is 5.75 Å². The van der Waals surface area contributed by atoms with Gasteiger partial charge in [0.05, 0.1) is 24.9 Å². The number of benzene rings is 2. The Kier molecular flexibility index (Phi) is 9.30. The van der Waals surface area contributed by atoms with Crippen molar-refractivity contribution < 1.29 is 14.6 Å². The average Bonchev–Trinajstić information content (AvgIpc) is 2.65. The highest BCUT2D eigenvalue weighted by Crippen LogP contribution is 2.33. The maximum absolute atomic E-state index is 10.0. The minimum absolute atomic E-state index is 0.0685. The molecule has 2 aromatic carbocycles. The minimum Gasteiger partial charge on any atom is -0.494 e. The lowest BCUT2D eigenvalue weighted by Gasteiger charge is -2.31. The second-order valence-corrected chi connectivity index (χ2v) is 7.78. The van der Waals surface area contributed by atoms with Gasteiger partial charge in [-0.25, -0.2) is 0 Å². The number of rotatable bonds is 5. The van der Waals surface area contributed by atoms with Crippen molar-refractivity contribution in [3.8, 4) is 5.75 Å². The molecule has 4 heteroatoms. The molecule has 1 heterocycles. The summed E-state index contributed by atoms with van der Waals surface area (Å²) in [5.41, 5.74) is 3.33. The van der Waals surface area contributed by atoms with Gasteiger partial charge in [0.15, 0.2) is 0 Å². The molecular formula is C24H33ClO3. The van der Waals surface area contributed by atoms with Crippen molar-refractivity contribution in [2.75, 3.05) is 6.61 Å². The van der Waals surface area contributed by atoms with Crippen molar-refractivity contribution >= 4 is 11.6 Å². The SMILES string of the molecule is CCC.CCOc1ccc(Cc2cc(C3CC(O)CC(C)O3)ccc2Cl)cc1. The normalized spacial score (nSPS) is 21.6. The Balaban J connectivity index is 0.000000878. The van der Waals surface area contributed by atoms with Crippen molar-refractivity contribution in [1.82, 2.24) is 0 Å². The maximum atomic E-state index is 10.0. The Labute approximate surface area is 174 Å². The first-order valence-electron chi connectivity index (χ1n) is 10.3. The molecular weight excluding hydrogens is 372 g/mol. The van der Waals surface area contributed by atoms with Gasteiger partial charge in [0.2, 0.25) is 0 Å². The molecule has 1 N–H and O–H groups in total. The summed E-state index contributed by atoms with van der Waals surface area (Å²) in [7, 11) is 0. The summed E-state index contributed by atoms with van der Waals surface area (Å²) in [4.78, 5) is 0. The Morgan fingerprint density at radius 1 is 1.07 bits per heavy atom. The minimum atomic E-state index is -0.306. The molecule has 3 atom stereocenters. The summed E-state index contributed by atoms with van der Waals surface area (Å²) in [6.07, 6.45) is 3.02. The van der Waals surface area contributed by atoms with E-state index in [1.807, 2.05) is 38.1 Å². The smallest absolute Gasteiger partial charge is 0.119 e. The molecule has 28 heavy (non-hydrogen) atoms. The zero-order chi connectivity index (χ0) is 20.5. The van der Waals surface area contributed by atoms with E-state index in [2.05, 4.69) is 32.0 Å². The van der Waals surface area contributed by atoms with Crippen LogP contribution < -0.4 is 4.74 Å². The van der Waals surface area contributed by atoms with E-state index in [1.165, 1.54) is 12.0 Å². The molecule has 0 saturated carbocycles. The number of hydrogen-bond acceptors (Lipinski definition) is 3. The van der Waals surface area contributed by atoms with Gasteiger partial charge in [-0.15, -0.1) is 0 Å². The number of aliphatic hydroxyl groups excluding tert-OH is 1. The second kappa shape index (κ2) is 11.5. The predicted octanol–water partition coefficient (Wildman–Crippen LogP) is 6.35. The molecule has 154 valence electrons. The third-order valence-corrected chi connectivity index (χ3v) is 4.93. The summed E-state index contributed by atoms with van der Waals surface area (Å²) in [5, 5.41) is 10.8. The number of ether oxygens (including phenoxy) is 2. The Bertz CT molecular complexity index is 704. The fraction of sp³-hybridized carbons (Fsp3) is 0.500. The molecule has 0 bridgehead atoms. The van der Waals surface area contributed by atoms with Crippen LogP contribution in [0.15, 0.2) is 42.5 Å². The van der Waals surface area contributed by atoms with Gasteiger partial charge < -0.3 is 14.6 Å². The van der Waals surface area contributed by atoms with E-state index in [9.17, 15) is 5.11 Å². The van der Waals surface area contributed by atoms with Crippen molar-refractivity contribution in [1.29, 1.82) is 0 Å². The van der Waals surface area contributed by atoms with Crippen LogP contribution in [0.2, 0.25) is 5.02 Å². The van der Waals surface area contributed by atoms with E-state index in [4.69, 9.17) is 21.1 Å². The molecule has 0 amide bonds. The van der Waals surface area contributed by atoms with E-state index in [1.54, 1.807) is 0 Å². The van der Waals surface area contributed by atoms with Crippen molar-refractivity contribution in [2.24, 2.45) is 0 Å². The van der Waals surface area contributed by atoms with Gasteiger partial charge >= 0.3 is 0 Å². The highest BCUT2D eigenvalue weighted by molar-refractivity contribution is 6.31. The van der Waals surface area contributed by atoms with Crippen LogP contribution in [0, 0.1) is 0 Å². The van der Waals surface area contributed by atoms with Crippen LogP contribution in [0.3, 0.4) is 0 Å². The van der Waals surface area contributed by atoms with E-state index in [0.29, 0.717) is 19.4 Å². The summed E-state index contributed by atoms with van der Waals surface area (Å²) < 4.78 is 11.5. The zero-order valence-electron chi connectivity index (χ0n) is 17.5. The van der Waals surface area contributed by atoms with Crippen LogP contribution in [0.1, 0.15) is 69.8 Å². The third kappa shape index (κ3) is 6.80. The molecule has 3 unspecified atom stereocenters. The number of aliphatic hydroxyl groups is 1. The van der Waals surface area contributed by atoms with Gasteiger partial charge in [0, 0.05) is 11.4 Å². The highest BCUT2D eigenvalue weighted by atomic mass is 35.5. The molecule has 2 aromatic rings. The molecule has 3 nitrogen and oxygen atoms in total. The standard InChI is InChI=1S/C21H25ClO3.C3H8/c1-3-24-19-7-4-15(5-8-19)11-17-12-16(6-9-20(17)22)21-13-18(23)10-14(2)25-21;1-3-2/h4-9,12,14,18,21,23H,3,10-11,13H2,1-2H3;3H2,1-2H3. The van der Waals surface area contributed by atoms with Gasteiger partial charge in [-0.3, -0.25) is 0 Å². The predicted molar refractivity (Wildman–Crippen MR) is 116 cm³/mol. The van der Waals surface area contributed by atoms with Crippen molar-refractivity contribution in [2.45, 2.75) is 71.7 Å². The zero-order valence-corrected chi connectivity index (χ0v) is 18.2. The largest absolute Gasteiger partial charge is 0.494 e. The lowest BCUT2D eigenvalue weighted by atomic mass is 9.94. The van der Waals surface area contributed by atoms with E-state index in [0.717, 1.165) is 28.3 Å². The first-order valence-corrected chi connectivity index (χ1v) is 10.7. The van der Waals surface area contributed by atoms with Crippen LogP contribution >= 0.6 is 11.6 Å². The third-order valence-electron chi connectivity index (χ3n) is 4.56. The van der Waals surface area contributed by atoms with Crippen LogP contribution in [0.25, 0.3) is 0 Å². The summed E-state index contributed by atoms with van der Waals surface area (Å²) in [5.74, 6) is 0.879. The molecule has 0 aliphatic carbocycles. The number of halogens is 1. The fourth-order valence-electron chi connectivity index (χ4n) is 3.35. The average molecular weight is 405 g/mol. The van der Waals surface area contributed by atoms with Crippen LogP contribution in [-0.2, 0) is 11.2 Å². The summed E-state index contributed by atoms with van der Waals surface area (Å²) in [6, 6.07) is 14.1. The van der Waals surface area contributed by atoms with E-state index in [-0.39, 0.29) is 18.3 Å². The molecule has 0 radical (unpaired) electrons. The topological polar surface area (TPSA) is 38.7 Å². The first kappa shape index (κ1) is 22.7. The lowest BCUT2D eigenvalue weighted by Crippen LogP contribution is -2.29. The molecule has 1 aliphatic heterocycles. The van der Waals surface area contributed by atoms with Crippen LogP contribution in [0.4, 0.5) is 0 Å². The summed E-state index contributed by atoms with van der Waals surface area (Å²) in [6.45, 7) is 8.90. The van der Waals surface area contributed by atoms with Crippen molar-refractivity contribution in [3.63, 3.8) is 0 Å².